The first-order chi connectivity index (χ1) is 13.6. The maximum absolute atomic E-state index is 12.7. The molecule has 2 aromatic rings. The molecule has 4 rings (SSSR count). The molecular formula is C21H23N3O4. The zero-order valence-corrected chi connectivity index (χ0v) is 15.6. The van der Waals surface area contributed by atoms with Crippen molar-refractivity contribution in [3.05, 3.63) is 59.2 Å². The largest absolute Gasteiger partial charge is 0.486 e. The van der Waals surface area contributed by atoms with Gasteiger partial charge >= 0.3 is 0 Å². The second-order valence-corrected chi connectivity index (χ2v) is 6.99. The van der Waals surface area contributed by atoms with E-state index >= 15 is 0 Å². The fourth-order valence-corrected chi connectivity index (χ4v) is 3.51. The Labute approximate surface area is 163 Å². The van der Waals surface area contributed by atoms with Crippen molar-refractivity contribution in [3.63, 3.8) is 0 Å². The lowest BCUT2D eigenvalue weighted by molar-refractivity contribution is 0.0628. The number of fused-ring (bicyclic) bond motifs is 1. The van der Waals surface area contributed by atoms with Gasteiger partial charge in [-0.3, -0.25) is 14.5 Å². The SMILES string of the molecule is NC(=O)c1ccc(C(=O)N2CCN(Cc3ccc4c(c3)OCCO4)CC2)cc1. The van der Waals surface area contributed by atoms with Crippen LogP contribution in [0.15, 0.2) is 42.5 Å². The smallest absolute Gasteiger partial charge is 0.253 e. The van der Waals surface area contributed by atoms with Crippen molar-refractivity contribution in [1.29, 1.82) is 0 Å². The van der Waals surface area contributed by atoms with E-state index in [1.165, 1.54) is 5.56 Å². The summed E-state index contributed by atoms with van der Waals surface area (Å²) >= 11 is 0. The predicted octanol–water partition coefficient (Wildman–Crippen LogP) is 1.51. The van der Waals surface area contributed by atoms with Gasteiger partial charge in [0.15, 0.2) is 11.5 Å². The Morgan fingerprint density at radius 1 is 0.857 bits per heavy atom. The van der Waals surface area contributed by atoms with Gasteiger partial charge in [0, 0.05) is 43.9 Å². The molecule has 2 amide bonds. The summed E-state index contributed by atoms with van der Waals surface area (Å²) in [7, 11) is 0. The van der Waals surface area contributed by atoms with Gasteiger partial charge in [0.2, 0.25) is 5.91 Å². The average molecular weight is 381 g/mol. The van der Waals surface area contributed by atoms with Crippen LogP contribution in [0.3, 0.4) is 0 Å². The highest BCUT2D eigenvalue weighted by Gasteiger charge is 2.23. The number of amides is 2. The summed E-state index contributed by atoms with van der Waals surface area (Å²) in [5, 5.41) is 0. The minimum atomic E-state index is -0.494. The molecule has 0 spiro atoms. The number of carbonyl (C=O) groups excluding carboxylic acids is 2. The highest BCUT2D eigenvalue weighted by atomic mass is 16.6. The molecule has 0 unspecified atom stereocenters. The van der Waals surface area contributed by atoms with Gasteiger partial charge in [-0.15, -0.1) is 0 Å². The highest BCUT2D eigenvalue weighted by Crippen LogP contribution is 2.31. The maximum atomic E-state index is 12.7. The van der Waals surface area contributed by atoms with Gasteiger partial charge in [0.05, 0.1) is 0 Å². The summed E-state index contributed by atoms with van der Waals surface area (Å²) in [5.74, 6) is 1.09. The number of carbonyl (C=O) groups is 2. The van der Waals surface area contributed by atoms with Crippen LogP contribution in [-0.4, -0.2) is 61.0 Å². The third-order valence-electron chi connectivity index (χ3n) is 5.09. The summed E-state index contributed by atoms with van der Waals surface area (Å²) in [5.41, 5.74) is 7.39. The molecule has 0 bridgehead atoms. The Kier molecular flexibility index (Phi) is 5.16. The van der Waals surface area contributed by atoms with Gasteiger partial charge in [-0.2, -0.15) is 0 Å². The van der Waals surface area contributed by atoms with Gasteiger partial charge in [-0.1, -0.05) is 6.07 Å². The zero-order valence-electron chi connectivity index (χ0n) is 15.6. The normalized spacial score (nSPS) is 16.6. The van der Waals surface area contributed by atoms with E-state index in [-0.39, 0.29) is 5.91 Å². The number of primary amides is 1. The van der Waals surface area contributed by atoms with E-state index in [0.717, 1.165) is 31.1 Å². The topological polar surface area (TPSA) is 85.1 Å². The Hall–Kier alpha value is -3.06. The summed E-state index contributed by atoms with van der Waals surface area (Å²) in [6.07, 6.45) is 0. The molecule has 0 aliphatic carbocycles. The third kappa shape index (κ3) is 3.94. The van der Waals surface area contributed by atoms with Crippen LogP contribution < -0.4 is 15.2 Å². The van der Waals surface area contributed by atoms with Crippen molar-refractivity contribution in [1.82, 2.24) is 9.80 Å². The minimum Gasteiger partial charge on any atom is -0.486 e. The maximum Gasteiger partial charge on any atom is 0.253 e. The van der Waals surface area contributed by atoms with Crippen LogP contribution in [0.2, 0.25) is 0 Å². The molecule has 28 heavy (non-hydrogen) atoms. The van der Waals surface area contributed by atoms with E-state index in [9.17, 15) is 9.59 Å². The van der Waals surface area contributed by atoms with Gasteiger partial charge < -0.3 is 20.1 Å². The Bertz CT molecular complexity index is 874. The Morgan fingerprint density at radius 2 is 1.50 bits per heavy atom. The summed E-state index contributed by atoms with van der Waals surface area (Å²) in [6.45, 7) is 4.93. The molecule has 0 aromatic heterocycles. The molecule has 2 aromatic carbocycles. The molecular weight excluding hydrogens is 358 g/mol. The summed E-state index contributed by atoms with van der Waals surface area (Å²) in [6, 6.07) is 12.5. The van der Waals surface area contributed by atoms with E-state index in [1.54, 1.807) is 24.3 Å². The Balaban J connectivity index is 1.33. The molecule has 146 valence electrons. The van der Waals surface area contributed by atoms with Gasteiger partial charge in [-0.25, -0.2) is 0 Å². The fourth-order valence-electron chi connectivity index (χ4n) is 3.51. The molecule has 0 atom stereocenters. The first kappa shape index (κ1) is 18.3. The third-order valence-corrected chi connectivity index (χ3v) is 5.09. The molecule has 7 nitrogen and oxygen atoms in total. The van der Waals surface area contributed by atoms with Crippen LogP contribution in [0.5, 0.6) is 11.5 Å². The molecule has 2 aliphatic rings. The number of ether oxygens (including phenoxy) is 2. The van der Waals surface area contributed by atoms with Gasteiger partial charge in [0.25, 0.3) is 5.91 Å². The lowest BCUT2D eigenvalue weighted by Gasteiger charge is -2.35. The number of hydrogen-bond acceptors (Lipinski definition) is 5. The first-order valence-corrected chi connectivity index (χ1v) is 9.40. The molecule has 2 heterocycles. The lowest BCUT2D eigenvalue weighted by Crippen LogP contribution is -2.48. The number of rotatable bonds is 4. The van der Waals surface area contributed by atoms with E-state index in [4.69, 9.17) is 15.2 Å². The predicted molar refractivity (Wildman–Crippen MR) is 104 cm³/mol. The molecule has 0 saturated carbocycles. The van der Waals surface area contributed by atoms with Gasteiger partial charge in [-0.05, 0) is 42.0 Å². The van der Waals surface area contributed by atoms with E-state index in [0.29, 0.717) is 37.4 Å². The molecule has 1 fully saturated rings. The van der Waals surface area contributed by atoms with Crippen molar-refractivity contribution < 1.29 is 19.1 Å². The monoisotopic (exact) mass is 381 g/mol. The van der Waals surface area contributed by atoms with Crippen LogP contribution in [-0.2, 0) is 6.54 Å². The first-order valence-electron chi connectivity index (χ1n) is 9.40. The van der Waals surface area contributed by atoms with Crippen LogP contribution in [0.1, 0.15) is 26.3 Å². The number of benzene rings is 2. The van der Waals surface area contributed by atoms with Crippen LogP contribution in [0, 0.1) is 0 Å². The number of nitrogens with zero attached hydrogens (tertiary/aromatic N) is 2. The Morgan fingerprint density at radius 3 is 2.18 bits per heavy atom. The second-order valence-electron chi connectivity index (χ2n) is 6.99. The van der Waals surface area contributed by atoms with Crippen LogP contribution in [0.4, 0.5) is 0 Å². The quantitative estimate of drug-likeness (QED) is 0.868. The molecule has 0 radical (unpaired) electrons. The fraction of sp³-hybridized carbons (Fsp3) is 0.333. The van der Waals surface area contributed by atoms with Crippen molar-refractivity contribution >= 4 is 11.8 Å². The van der Waals surface area contributed by atoms with Crippen molar-refractivity contribution in [2.45, 2.75) is 6.54 Å². The zero-order chi connectivity index (χ0) is 19.5. The second kappa shape index (κ2) is 7.90. The summed E-state index contributed by atoms with van der Waals surface area (Å²) in [4.78, 5) is 28.0. The molecule has 2 N–H and O–H groups in total. The number of nitrogens with two attached hydrogens (primary N) is 1. The van der Waals surface area contributed by atoms with E-state index in [1.807, 2.05) is 17.0 Å². The van der Waals surface area contributed by atoms with E-state index < -0.39 is 5.91 Å². The average Bonchev–Trinajstić information content (AvgIpc) is 2.74. The standard InChI is InChI=1S/C21H23N3O4/c22-20(25)16-2-4-17(5-3-16)21(26)24-9-7-23(8-10-24)14-15-1-6-18-19(13-15)28-12-11-27-18/h1-6,13H,7-12,14H2,(H2,22,25). The molecule has 1 saturated heterocycles. The molecule has 7 heteroatoms. The van der Waals surface area contributed by atoms with E-state index in [2.05, 4.69) is 11.0 Å². The van der Waals surface area contributed by atoms with Crippen molar-refractivity contribution in [3.8, 4) is 11.5 Å². The van der Waals surface area contributed by atoms with Crippen LogP contribution >= 0.6 is 0 Å². The highest BCUT2D eigenvalue weighted by molar-refractivity contribution is 5.97. The van der Waals surface area contributed by atoms with Crippen LogP contribution in [0.25, 0.3) is 0 Å². The number of hydrogen-bond donors (Lipinski definition) is 1. The number of piperazine rings is 1. The summed E-state index contributed by atoms with van der Waals surface area (Å²) < 4.78 is 11.2. The molecule has 2 aliphatic heterocycles. The minimum absolute atomic E-state index is 0.0185. The van der Waals surface area contributed by atoms with Gasteiger partial charge in [0.1, 0.15) is 13.2 Å². The lowest BCUT2D eigenvalue weighted by atomic mass is 10.1. The van der Waals surface area contributed by atoms with Crippen molar-refractivity contribution in [2.24, 2.45) is 5.73 Å². The van der Waals surface area contributed by atoms with Crippen molar-refractivity contribution in [2.75, 3.05) is 39.4 Å².